The summed E-state index contributed by atoms with van der Waals surface area (Å²) >= 11 is 0. The number of amides is 3. The number of fused-ring (bicyclic) bond motifs is 1. The molecule has 3 amide bonds. The molecule has 0 aliphatic carbocycles. The fourth-order valence-electron chi connectivity index (χ4n) is 2.98. The second kappa shape index (κ2) is 7.39. The van der Waals surface area contributed by atoms with Crippen LogP contribution < -0.4 is 15.5 Å². The number of nitrogens with one attached hydrogen (secondary N) is 2. The van der Waals surface area contributed by atoms with Crippen LogP contribution in [-0.2, 0) is 20.9 Å². The van der Waals surface area contributed by atoms with Gasteiger partial charge >= 0.3 is 11.8 Å². The molecule has 0 unspecified atom stereocenters. The predicted octanol–water partition coefficient (Wildman–Crippen LogP) is 1.92. The predicted molar refractivity (Wildman–Crippen MR) is 98.2 cm³/mol. The first kappa shape index (κ1) is 17.7. The minimum Gasteiger partial charge on any atom is -0.346 e. The van der Waals surface area contributed by atoms with Crippen molar-refractivity contribution < 1.29 is 14.4 Å². The number of anilines is 1. The Morgan fingerprint density at radius 1 is 1.00 bits per heavy atom. The first-order chi connectivity index (χ1) is 12.5. The molecular formula is C20H21N3O3. The van der Waals surface area contributed by atoms with Crippen LogP contribution in [0.3, 0.4) is 0 Å². The van der Waals surface area contributed by atoms with Crippen LogP contribution in [0, 0.1) is 0 Å². The van der Waals surface area contributed by atoms with Gasteiger partial charge in [-0.05, 0) is 25.5 Å². The summed E-state index contributed by atoms with van der Waals surface area (Å²) in [5.41, 5.74) is 2.43. The zero-order chi connectivity index (χ0) is 18.7. The third kappa shape index (κ3) is 3.59. The van der Waals surface area contributed by atoms with Gasteiger partial charge in [0, 0.05) is 17.3 Å². The van der Waals surface area contributed by atoms with Crippen LogP contribution in [-0.4, -0.2) is 23.8 Å². The van der Waals surface area contributed by atoms with Gasteiger partial charge in [0.15, 0.2) is 0 Å². The van der Waals surface area contributed by atoms with Crippen LogP contribution in [0.25, 0.3) is 0 Å². The Morgan fingerprint density at radius 3 is 2.35 bits per heavy atom. The molecule has 1 aliphatic heterocycles. The van der Waals surface area contributed by atoms with Gasteiger partial charge in [0.05, 0.1) is 6.54 Å². The summed E-state index contributed by atoms with van der Waals surface area (Å²) in [4.78, 5) is 38.6. The molecule has 0 aromatic heterocycles. The van der Waals surface area contributed by atoms with Crippen molar-refractivity contribution in [1.29, 1.82) is 0 Å². The van der Waals surface area contributed by atoms with Crippen LogP contribution in [0.15, 0.2) is 54.6 Å². The average molecular weight is 351 g/mol. The summed E-state index contributed by atoms with van der Waals surface area (Å²) in [6, 6.07) is 15.9. The van der Waals surface area contributed by atoms with Crippen LogP contribution in [0.2, 0.25) is 0 Å². The van der Waals surface area contributed by atoms with E-state index >= 15 is 0 Å². The molecule has 0 radical (unpaired) electrons. The molecule has 0 bridgehead atoms. The average Bonchev–Trinajstić information content (AvgIpc) is 2.88. The lowest BCUT2D eigenvalue weighted by atomic mass is 10.1. The molecule has 0 saturated carbocycles. The van der Waals surface area contributed by atoms with E-state index in [1.807, 2.05) is 48.5 Å². The molecule has 134 valence electrons. The molecule has 2 N–H and O–H groups in total. The van der Waals surface area contributed by atoms with Crippen molar-refractivity contribution in [2.45, 2.75) is 32.5 Å². The normalized spacial score (nSPS) is 15.7. The number of carbonyl (C=O) groups is 3. The minimum atomic E-state index is -0.861. The SMILES string of the molecule is CC(C)NC(=O)C(=O)N[C@@H]1C(=O)N(Cc2ccccc2)c2ccccc21. The third-order valence-corrected chi connectivity index (χ3v) is 4.14. The first-order valence-corrected chi connectivity index (χ1v) is 8.53. The molecule has 1 heterocycles. The van der Waals surface area contributed by atoms with Crippen molar-refractivity contribution in [3.05, 3.63) is 65.7 Å². The van der Waals surface area contributed by atoms with E-state index in [0.717, 1.165) is 11.3 Å². The van der Waals surface area contributed by atoms with Gasteiger partial charge in [-0.2, -0.15) is 0 Å². The van der Waals surface area contributed by atoms with Crippen LogP contribution in [0.4, 0.5) is 5.69 Å². The Hall–Kier alpha value is -3.15. The van der Waals surface area contributed by atoms with Crippen molar-refractivity contribution in [2.75, 3.05) is 4.90 Å². The molecule has 0 spiro atoms. The van der Waals surface area contributed by atoms with Crippen LogP contribution in [0.1, 0.15) is 31.0 Å². The maximum Gasteiger partial charge on any atom is 0.310 e. The molecule has 0 fully saturated rings. The first-order valence-electron chi connectivity index (χ1n) is 8.53. The molecule has 26 heavy (non-hydrogen) atoms. The molecule has 1 aliphatic rings. The fraction of sp³-hybridized carbons (Fsp3) is 0.250. The van der Waals surface area contributed by atoms with E-state index in [9.17, 15) is 14.4 Å². The molecule has 2 aromatic carbocycles. The van der Waals surface area contributed by atoms with Crippen molar-refractivity contribution in [3.63, 3.8) is 0 Å². The molecule has 3 rings (SSSR count). The third-order valence-electron chi connectivity index (χ3n) is 4.14. The highest BCUT2D eigenvalue weighted by Crippen LogP contribution is 2.36. The zero-order valence-electron chi connectivity index (χ0n) is 14.7. The van der Waals surface area contributed by atoms with E-state index in [1.54, 1.807) is 24.8 Å². The van der Waals surface area contributed by atoms with E-state index < -0.39 is 17.9 Å². The maximum absolute atomic E-state index is 12.9. The molecule has 0 saturated heterocycles. The number of benzene rings is 2. The van der Waals surface area contributed by atoms with Crippen LogP contribution in [0.5, 0.6) is 0 Å². The summed E-state index contributed by atoms with van der Waals surface area (Å²) in [6.07, 6.45) is 0. The van der Waals surface area contributed by atoms with Gasteiger partial charge in [-0.3, -0.25) is 14.4 Å². The van der Waals surface area contributed by atoms with Gasteiger partial charge in [-0.15, -0.1) is 0 Å². The summed E-state index contributed by atoms with van der Waals surface area (Å²) in [6.45, 7) is 3.94. The summed E-state index contributed by atoms with van der Waals surface area (Å²) in [7, 11) is 0. The van der Waals surface area contributed by atoms with Crippen molar-refractivity contribution in [3.8, 4) is 0 Å². The highest BCUT2D eigenvalue weighted by atomic mass is 16.2. The van der Waals surface area contributed by atoms with Gasteiger partial charge < -0.3 is 15.5 Å². The standard InChI is InChI=1S/C20H21N3O3/c1-13(2)21-18(24)19(25)22-17-15-10-6-7-11-16(15)23(20(17)26)12-14-8-4-3-5-9-14/h3-11,13,17H,12H2,1-2H3,(H,21,24)(H,22,25)/t17-/m0/s1. The maximum atomic E-state index is 12.9. The van der Waals surface area contributed by atoms with Gasteiger partial charge in [0.1, 0.15) is 6.04 Å². The lowest BCUT2D eigenvalue weighted by Gasteiger charge is -2.18. The van der Waals surface area contributed by atoms with Gasteiger partial charge in [-0.25, -0.2) is 0 Å². The highest BCUT2D eigenvalue weighted by Gasteiger charge is 2.38. The lowest BCUT2D eigenvalue weighted by molar-refractivity contribution is -0.140. The Morgan fingerprint density at radius 2 is 1.65 bits per heavy atom. The van der Waals surface area contributed by atoms with Crippen molar-refractivity contribution in [1.82, 2.24) is 10.6 Å². The smallest absolute Gasteiger partial charge is 0.310 e. The highest BCUT2D eigenvalue weighted by molar-refractivity contribution is 6.35. The monoisotopic (exact) mass is 351 g/mol. The van der Waals surface area contributed by atoms with Crippen molar-refractivity contribution in [2.24, 2.45) is 0 Å². The fourth-order valence-corrected chi connectivity index (χ4v) is 2.98. The number of rotatable bonds is 4. The molecule has 6 nitrogen and oxygen atoms in total. The van der Waals surface area contributed by atoms with E-state index in [2.05, 4.69) is 10.6 Å². The zero-order valence-corrected chi connectivity index (χ0v) is 14.7. The summed E-state index contributed by atoms with van der Waals surface area (Å²) in [5, 5.41) is 5.09. The van der Waals surface area contributed by atoms with Crippen molar-refractivity contribution >= 4 is 23.4 Å². The largest absolute Gasteiger partial charge is 0.346 e. The second-order valence-corrected chi connectivity index (χ2v) is 6.50. The molecule has 6 heteroatoms. The Kier molecular flexibility index (Phi) is 5.02. The van der Waals surface area contributed by atoms with Crippen LogP contribution >= 0.6 is 0 Å². The number of hydrogen-bond acceptors (Lipinski definition) is 3. The lowest BCUT2D eigenvalue weighted by Crippen LogP contribution is -2.46. The molecule has 2 aromatic rings. The second-order valence-electron chi connectivity index (χ2n) is 6.50. The van der Waals surface area contributed by atoms with Gasteiger partial charge in [0.2, 0.25) is 0 Å². The number of hydrogen-bond donors (Lipinski definition) is 2. The van der Waals surface area contributed by atoms with Gasteiger partial charge in [0.25, 0.3) is 5.91 Å². The van der Waals surface area contributed by atoms with E-state index in [0.29, 0.717) is 12.1 Å². The van der Waals surface area contributed by atoms with E-state index in [4.69, 9.17) is 0 Å². The molecule has 1 atom stereocenters. The Balaban J connectivity index is 1.83. The van der Waals surface area contributed by atoms with E-state index in [-0.39, 0.29) is 11.9 Å². The van der Waals surface area contributed by atoms with Gasteiger partial charge in [-0.1, -0.05) is 48.5 Å². The minimum absolute atomic E-state index is 0.158. The Labute approximate surface area is 152 Å². The quantitative estimate of drug-likeness (QED) is 0.826. The molecular weight excluding hydrogens is 330 g/mol. The number of nitrogens with zero attached hydrogens (tertiary/aromatic N) is 1. The Bertz CT molecular complexity index is 833. The number of carbonyl (C=O) groups excluding carboxylic acids is 3. The summed E-state index contributed by atoms with van der Waals surface area (Å²) < 4.78 is 0. The number of para-hydroxylation sites is 1. The van der Waals surface area contributed by atoms with E-state index in [1.165, 1.54) is 0 Å². The topological polar surface area (TPSA) is 78.5 Å². The summed E-state index contributed by atoms with van der Waals surface area (Å²) in [5.74, 6) is -1.80.